The maximum Gasteiger partial charge on any atom is 0.164 e. The monoisotopic (exact) mass is 404 g/mol. The van der Waals surface area contributed by atoms with E-state index in [2.05, 4.69) is 11.0 Å². The summed E-state index contributed by atoms with van der Waals surface area (Å²) in [5.74, 6) is 0.421. The van der Waals surface area contributed by atoms with Crippen molar-refractivity contribution in [2.24, 2.45) is 4.99 Å². The Morgan fingerprint density at radius 1 is 1.19 bits per heavy atom. The number of aliphatic imine (C=N–C) groups is 1. The van der Waals surface area contributed by atoms with Crippen molar-refractivity contribution in [2.45, 2.75) is 31.7 Å². The lowest BCUT2D eigenvalue weighted by molar-refractivity contribution is 0.601. The van der Waals surface area contributed by atoms with Gasteiger partial charge in [0.2, 0.25) is 0 Å². The molecule has 2 atom stereocenters. The van der Waals surface area contributed by atoms with Crippen LogP contribution >= 0.6 is 11.8 Å². The van der Waals surface area contributed by atoms with E-state index in [4.69, 9.17) is 4.99 Å². The molecule has 0 unspecified atom stereocenters. The van der Waals surface area contributed by atoms with E-state index in [1.165, 1.54) is 17.8 Å². The third kappa shape index (κ3) is 3.62. The molecule has 27 heavy (non-hydrogen) atoms. The molecule has 1 saturated heterocycles. The van der Waals surface area contributed by atoms with Gasteiger partial charge in [-0.3, -0.25) is 4.99 Å². The van der Waals surface area contributed by atoms with Crippen molar-refractivity contribution >= 4 is 32.5 Å². The molecule has 0 aromatic heterocycles. The lowest BCUT2D eigenvalue weighted by Crippen LogP contribution is -2.39. The number of nitrogens with zero attached hydrogens (tertiary/aromatic N) is 2. The zero-order valence-electron chi connectivity index (χ0n) is 15.2. The number of fused-ring (bicyclic) bond motifs is 1. The molecule has 0 bridgehead atoms. The molecule has 0 amide bonds. The molecule has 2 heterocycles. The molecule has 0 saturated carbocycles. The average Bonchev–Trinajstić information content (AvgIpc) is 3.06. The Hall–Kier alpha value is -1.86. The van der Waals surface area contributed by atoms with E-state index in [0.29, 0.717) is 11.3 Å². The van der Waals surface area contributed by atoms with Gasteiger partial charge < -0.3 is 4.90 Å². The molecule has 2 aromatic carbocycles. The Kier molecular flexibility index (Phi) is 4.76. The van der Waals surface area contributed by atoms with Gasteiger partial charge in [-0.2, -0.15) is 0 Å². The fraction of sp³-hybridized carbons (Fsp3) is 0.350. The summed E-state index contributed by atoms with van der Waals surface area (Å²) < 4.78 is 38.3. The second kappa shape index (κ2) is 6.95. The van der Waals surface area contributed by atoms with E-state index in [1.807, 2.05) is 32.0 Å². The van der Waals surface area contributed by atoms with Crippen LogP contribution in [0.15, 0.2) is 47.5 Å². The van der Waals surface area contributed by atoms with E-state index in [1.54, 1.807) is 12.1 Å². The number of hydrogen-bond donors (Lipinski definition) is 0. The van der Waals surface area contributed by atoms with Crippen LogP contribution in [0.3, 0.4) is 0 Å². The first kappa shape index (κ1) is 18.5. The van der Waals surface area contributed by atoms with E-state index >= 15 is 0 Å². The number of benzene rings is 2. The largest absolute Gasteiger partial charge is 0.315 e. The Morgan fingerprint density at radius 3 is 2.70 bits per heavy atom. The molecule has 0 radical (unpaired) electrons. The molecule has 142 valence electrons. The Labute approximate surface area is 163 Å². The number of aryl methyl sites for hydroxylation is 2. The van der Waals surface area contributed by atoms with Crippen molar-refractivity contribution in [1.29, 1.82) is 0 Å². The smallest absolute Gasteiger partial charge is 0.164 e. The second-order valence-electron chi connectivity index (χ2n) is 7.16. The summed E-state index contributed by atoms with van der Waals surface area (Å²) in [6.45, 7) is 4.06. The molecule has 2 aromatic rings. The Bertz CT molecular complexity index is 1020. The average molecular weight is 405 g/mol. The summed E-state index contributed by atoms with van der Waals surface area (Å²) in [5.41, 5.74) is 3.84. The van der Waals surface area contributed by atoms with Crippen molar-refractivity contribution in [3.63, 3.8) is 0 Å². The van der Waals surface area contributed by atoms with Crippen molar-refractivity contribution < 1.29 is 12.8 Å². The minimum Gasteiger partial charge on any atom is -0.315 e. The zero-order chi connectivity index (χ0) is 19.2. The van der Waals surface area contributed by atoms with Gasteiger partial charge in [-0.1, -0.05) is 47.7 Å². The number of sulfone groups is 1. The summed E-state index contributed by atoms with van der Waals surface area (Å²) in [6, 6.07) is 12.4. The van der Waals surface area contributed by atoms with Crippen LogP contribution in [-0.4, -0.2) is 37.2 Å². The van der Waals surface area contributed by atoms with Gasteiger partial charge in [-0.05, 0) is 37.1 Å². The van der Waals surface area contributed by atoms with Crippen LogP contribution in [0.25, 0.3) is 0 Å². The highest BCUT2D eigenvalue weighted by Crippen LogP contribution is 2.37. The predicted octanol–water partition coefficient (Wildman–Crippen LogP) is 3.72. The quantitative estimate of drug-likeness (QED) is 0.782. The predicted molar refractivity (Wildman–Crippen MR) is 110 cm³/mol. The number of thioether (sulfide) groups is 1. The first-order chi connectivity index (χ1) is 12.8. The summed E-state index contributed by atoms with van der Waals surface area (Å²) in [6.07, 6.45) is 0. The molecular formula is C20H21FN2O2S2. The van der Waals surface area contributed by atoms with E-state index in [9.17, 15) is 12.8 Å². The van der Waals surface area contributed by atoms with Crippen molar-refractivity contribution in [1.82, 2.24) is 0 Å². The van der Waals surface area contributed by atoms with Crippen LogP contribution in [0.2, 0.25) is 0 Å². The molecule has 0 aliphatic carbocycles. The lowest BCUT2D eigenvalue weighted by atomic mass is 10.1. The molecule has 4 rings (SSSR count). The van der Waals surface area contributed by atoms with Gasteiger partial charge in [0.15, 0.2) is 15.0 Å². The fourth-order valence-electron chi connectivity index (χ4n) is 3.75. The number of halogens is 1. The molecule has 0 N–H and O–H groups in total. The molecule has 2 aliphatic rings. The fourth-order valence-corrected chi connectivity index (χ4v) is 6.69. The topological polar surface area (TPSA) is 49.7 Å². The summed E-state index contributed by atoms with van der Waals surface area (Å²) in [4.78, 5) is 6.77. The molecule has 1 fully saturated rings. The third-order valence-electron chi connectivity index (χ3n) is 5.03. The van der Waals surface area contributed by atoms with Gasteiger partial charge in [0.1, 0.15) is 5.82 Å². The summed E-state index contributed by atoms with van der Waals surface area (Å²) >= 11 is 1.47. The lowest BCUT2D eigenvalue weighted by Gasteiger charge is -2.28. The molecule has 2 aliphatic heterocycles. The van der Waals surface area contributed by atoms with Crippen molar-refractivity contribution in [3.8, 4) is 0 Å². The summed E-state index contributed by atoms with van der Waals surface area (Å²) in [7, 11) is -3.08. The first-order valence-electron chi connectivity index (χ1n) is 8.85. The Morgan fingerprint density at radius 2 is 1.96 bits per heavy atom. The Balaban J connectivity index is 1.66. The van der Waals surface area contributed by atoms with E-state index < -0.39 is 9.84 Å². The van der Waals surface area contributed by atoms with Crippen LogP contribution in [0.1, 0.15) is 16.7 Å². The molecule has 0 spiro atoms. The highest BCUT2D eigenvalue weighted by atomic mass is 32.2. The maximum absolute atomic E-state index is 14.0. The third-order valence-corrected chi connectivity index (χ3v) is 7.75. The maximum atomic E-state index is 14.0. The standard InChI is InChI=1S/C20H21FN2O2S2/c1-13-7-8-18(14(2)9-13)23-19-12-27(24,25)11-17(19)22-20(23)26-10-15-5-3-4-6-16(15)21/h3-9,17,19H,10-12H2,1-2H3/t17-,19-/m0/s1. The first-order valence-corrected chi connectivity index (χ1v) is 11.7. The van der Waals surface area contributed by atoms with Gasteiger partial charge in [0.25, 0.3) is 0 Å². The van der Waals surface area contributed by atoms with Gasteiger partial charge in [-0.25, -0.2) is 12.8 Å². The van der Waals surface area contributed by atoms with E-state index in [-0.39, 0.29) is 29.4 Å². The van der Waals surface area contributed by atoms with Crippen LogP contribution in [0.5, 0.6) is 0 Å². The van der Waals surface area contributed by atoms with Gasteiger partial charge in [0, 0.05) is 11.4 Å². The van der Waals surface area contributed by atoms with Crippen molar-refractivity contribution in [2.75, 3.05) is 16.4 Å². The number of hydrogen-bond acceptors (Lipinski definition) is 5. The highest BCUT2D eigenvalue weighted by molar-refractivity contribution is 8.13. The summed E-state index contributed by atoms with van der Waals surface area (Å²) in [5, 5.41) is 0.773. The van der Waals surface area contributed by atoms with E-state index in [0.717, 1.165) is 22.0 Å². The van der Waals surface area contributed by atoms with Crippen LogP contribution in [0.4, 0.5) is 10.1 Å². The molecular weight excluding hydrogens is 383 g/mol. The normalized spacial score (nSPS) is 23.4. The highest BCUT2D eigenvalue weighted by Gasteiger charge is 2.47. The second-order valence-corrected chi connectivity index (χ2v) is 10.3. The number of amidine groups is 1. The molecule has 7 heteroatoms. The van der Waals surface area contributed by atoms with Crippen LogP contribution in [-0.2, 0) is 15.6 Å². The number of rotatable bonds is 3. The van der Waals surface area contributed by atoms with Gasteiger partial charge in [-0.15, -0.1) is 0 Å². The van der Waals surface area contributed by atoms with Crippen molar-refractivity contribution in [3.05, 3.63) is 65.0 Å². The van der Waals surface area contributed by atoms with Gasteiger partial charge >= 0.3 is 0 Å². The minimum atomic E-state index is -3.08. The SMILES string of the molecule is Cc1ccc(N2C(SCc3ccccc3F)=N[C@H]3CS(=O)(=O)C[C@@H]32)c(C)c1. The molecule has 4 nitrogen and oxygen atoms in total. The van der Waals surface area contributed by atoms with Crippen LogP contribution < -0.4 is 4.90 Å². The minimum absolute atomic E-state index is 0.0861. The van der Waals surface area contributed by atoms with Gasteiger partial charge in [0.05, 0.1) is 23.6 Å². The zero-order valence-corrected chi connectivity index (χ0v) is 16.9. The number of anilines is 1. The van der Waals surface area contributed by atoms with Crippen LogP contribution in [0, 0.1) is 19.7 Å².